The van der Waals surface area contributed by atoms with Crippen molar-refractivity contribution in [2.45, 2.75) is 66.2 Å². The van der Waals surface area contributed by atoms with Crippen LogP contribution >= 0.6 is 0 Å². The first-order valence-corrected chi connectivity index (χ1v) is 10.6. The number of ketones is 2. The molecule has 162 valence electrons. The molecule has 0 amide bonds. The zero-order chi connectivity index (χ0) is 22.3. The molecule has 0 spiro atoms. The summed E-state index contributed by atoms with van der Waals surface area (Å²) in [6.07, 6.45) is 1.28. The topological polar surface area (TPSA) is 83.8 Å². The Labute approximate surface area is 178 Å². The first-order valence-electron chi connectivity index (χ1n) is 10.6. The molecule has 0 radical (unpaired) electrons. The van der Waals surface area contributed by atoms with Crippen LogP contribution in [0.25, 0.3) is 0 Å². The van der Waals surface area contributed by atoms with E-state index in [4.69, 9.17) is 4.74 Å². The van der Waals surface area contributed by atoms with Crippen molar-refractivity contribution in [3.63, 3.8) is 0 Å². The van der Waals surface area contributed by atoms with Gasteiger partial charge in [-0.05, 0) is 35.4 Å². The van der Waals surface area contributed by atoms with E-state index in [1.165, 1.54) is 0 Å². The lowest BCUT2D eigenvalue weighted by atomic mass is 9.67. The van der Waals surface area contributed by atoms with Crippen LogP contribution in [0.15, 0.2) is 46.9 Å². The molecular formula is C25H32O5. The molecule has 2 N–H and O–H groups in total. The average molecular weight is 413 g/mol. The normalized spacial score (nSPS) is 21.4. The molecule has 0 saturated heterocycles. The van der Waals surface area contributed by atoms with Gasteiger partial charge < -0.3 is 14.9 Å². The quantitative estimate of drug-likeness (QED) is 0.660. The highest BCUT2D eigenvalue weighted by molar-refractivity contribution is 6.05. The summed E-state index contributed by atoms with van der Waals surface area (Å²) in [5.74, 6) is -0.446. The molecule has 3 rings (SSSR count). The fourth-order valence-corrected chi connectivity index (χ4v) is 4.66. The van der Waals surface area contributed by atoms with E-state index in [0.717, 1.165) is 0 Å². The van der Waals surface area contributed by atoms with E-state index < -0.39 is 5.92 Å². The summed E-state index contributed by atoms with van der Waals surface area (Å²) in [4.78, 5) is 26.3. The van der Waals surface area contributed by atoms with Crippen molar-refractivity contribution in [1.82, 2.24) is 0 Å². The van der Waals surface area contributed by atoms with E-state index in [1.54, 1.807) is 24.3 Å². The summed E-state index contributed by atoms with van der Waals surface area (Å²) < 4.78 is 5.51. The molecule has 2 aliphatic carbocycles. The molecule has 0 heterocycles. The second-order valence-corrected chi connectivity index (χ2v) is 10.0. The number of hydrogen-bond donors (Lipinski definition) is 2. The van der Waals surface area contributed by atoms with Gasteiger partial charge in [0.1, 0.15) is 17.3 Å². The van der Waals surface area contributed by atoms with Crippen molar-refractivity contribution in [3.8, 4) is 5.75 Å². The fourth-order valence-electron chi connectivity index (χ4n) is 4.66. The molecule has 0 atom stereocenters. The molecule has 0 saturated carbocycles. The predicted molar refractivity (Wildman–Crippen MR) is 116 cm³/mol. The van der Waals surface area contributed by atoms with Crippen LogP contribution < -0.4 is 4.74 Å². The maximum atomic E-state index is 13.1. The second-order valence-electron chi connectivity index (χ2n) is 10.0. The van der Waals surface area contributed by atoms with Crippen molar-refractivity contribution in [2.24, 2.45) is 10.8 Å². The third kappa shape index (κ3) is 4.45. The van der Waals surface area contributed by atoms with Crippen LogP contribution in [-0.4, -0.2) is 28.4 Å². The van der Waals surface area contributed by atoms with Crippen LogP contribution in [0.3, 0.4) is 0 Å². The maximum absolute atomic E-state index is 13.1. The third-order valence-electron chi connectivity index (χ3n) is 5.89. The molecule has 1 aromatic carbocycles. The molecule has 5 nitrogen and oxygen atoms in total. The van der Waals surface area contributed by atoms with Crippen molar-refractivity contribution < 1.29 is 24.5 Å². The zero-order valence-corrected chi connectivity index (χ0v) is 18.5. The largest absolute Gasteiger partial charge is 0.512 e. The Hall–Kier alpha value is -2.56. The SMILES string of the molecule is CCOc1ccc(C(C2=C(O)CC(C)(C)CC2=O)C2=C(O)CC(C)(C)CC2=O)cc1. The van der Waals surface area contributed by atoms with Gasteiger partial charge >= 0.3 is 0 Å². The van der Waals surface area contributed by atoms with E-state index in [1.807, 2.05) is 34.6 Å². The predicted octanol–water partition coefficient (Wildman–Crippen LogP) is 5.57. The summed E-state index contributed by atoms with van der Waals surface area (Å²) in [6, 6.07) is 7.18. The monoisotopic (exact) mass is 412 g/mol. The Kier molecular flexibility index (Phi) is 5.85. The van der Waals surface area contributed by atoms with Crippen LogP contribution in [0.1, 0.15) is 71.8 Å². The summed E-state index contributed by atoms with van der Waals surface area (Å²) in [5.41, 5.74) is 0.454. The van der Waals surface area contributed by atoms with Gasteiger partial charge in [-0.25, -0.2) is 0 Å². The maximum Gasteiger partial charge on any atom is 0.163 e. The van der Waals surface area contributed by atoms with Crippen molar-refractivity contribution in [1.29, 1.82) is 0 Å². The highest BCUT2D eigenvalue weighted by Gasteiger charge is 2.43. The molecule has 0 unspecified atom stereocenters. The van der Waals surface area contributed by atoms with Crippen LogP contribution in [0.2, 0.25) is 0 Å². The third-order valence-corrected chi connectivity index (χ3v) is 5.89. The van der Waals surface area contributed by atoms with Gasteiger partial charge in [-0.15, -0.1) is 0 Å². The summed E-state index contributed by atoms with van der Waals surface area (Å²) in [7, 11) is 0. The lowest BCUT2D eigenvalue weighted by Gasteiger charge is -2.36. The minimum atomic E-state index is -0.784. The van der Waals surface area contributed by atoms with E-state index in [2.05, 4.69) is 0 Å². The van der Waals surface area contributed by atoms with Crippen LogP contribution in [-0.2, 0) is 9.59 Å². The van der Waals surface area contributed by atoms with Gasteiger partial charge in [-0.3, -0.25) is 9.59 Å². The summed E-state index contributed by atoms with van der Waals surface area (Å²) in [5, 5.41) is 21.7. The molecule has 0 fully saturated rings. The van der Waals surface area contributed by atoms with E-state index in [9.17, 15) is 19.8 Å². The van der Waals surface area contributed by atoms with Crippen LogP contribution in [0, 0.1) is 10.8 Å². The van der Waals surface area contributed by atoms with Crippen molar-refractivity contribution >= 4 is 11.6 Å². The first kappa shape index (κ1) is 22.1. The summed E-state index contributed by atoms with van der Waals surface area (Å²) in [6.45, 7) is 10.2. The Balaban J connectivity index is 2.18. The number of carbonyl (C=O) groups excluding carboxylic acids is 2. The first-order chi connectivity index (χ1) is 13.9. The Morgan fingerprint density at radius 2 is 1.27 bits per heavy atom. The van der Waals surface area contributed by atoms with Crippen molar-refractivity contribution in [2.75, 3.05) is 6.61 Å². The molecule has 5 heteroatoms. The Morgan fingerprint density at radius 3 is 1.63 bits per heavy atom. The number of allylic oxidation sites excluding steroid dienone is 4. The van der Waals surface area contributed by atoms with Crippen LogP contribution in [0.5, 0.6) is 5.75 Å². The minimum absolute atomic E-state index is 0.00747. The molecule has 30 heavy (non-hydrogen) atoms. The summed E-state index contributed by atoms with van der Waals surface area (Å²) >= 11 is 0. The number of benzene rings is 1. The lowest BCUT2D eigenvalue weighted by Crippen LogP contribution is -2.33. The van der Waals surface area contributed by atoms with Gasteiger partial charge in [0, 0.05) is 42.7 Å². The number of carbonyl (C=O) groups is 2. The standard InChI is InChI=1S/C25H32O5/c1-6-30-16-9-7-15(8-10-16)21(22-17(26)11-24(2,3)12-18(22)27)23-19(28)13-25(4,5)14-20(23)29/h7-10,21,26,28H,6,11-14H2,1-5H3. The number of rotatable bonds is 5. The smallest absolute Gasteiger partial charge is 0.163 e. The second kappa shape index (κ2) is 7.93. The lowest BCUT2D eigenvalue weighted by molar-refractivity contribution is -0.119. The number of Topliss-reactive ketones (excluding diaryl/α,β-unsaturated/α-hetero) is 2. The zero-order valence-electron chi connectivity index (χ0n) is 18.5. The Bertz CT molecular complexity index is 863. The molecule has 0 bridgehead atoms. The average Bonchev–Trinajstić information content (AvgIpc) is 2.58. The minimum Gasteiger partial charge on any atom is -0.512 e. The van der Waals surface area contributed by atoms with E-state index >= 15 is 0 Å². The van der Waals surface area contributed by atoms with Gasteiger partial charge in [0.15, 0.2) is 11.6 Å². The highest BCUT2D eigenvalue weighted by Crippen LogP contribution is 2.47. The van der Waals surface area contributed by atoms with Gasteiger partial charge in [-0.2, -0.15) is 0 Å². The van der Waals surface area contributed by atoms with E-state index in [-0.39, 0.29) is 57.9 Å². The van der Waals surface area contributed by atoms with Gasteiger partial charge in [0.25, 0.3) is 0 Å². The molecule has 2 aliphatic rings. The number of ether oxygens (including phenoxy) is 1. The van der Waals surface area contributed by atoms with Crippen molar-refractivity contribution in [3.05, 3.63) is 52.5 Å². The van der Waals surface area contributed by atoms with Gasteiger partial charge in [0.2, 0.25) is 0 Å². The van der Waals surface area contributed by atoms with Gasteiger partial charge in [-0.1, -0.05) is 39.8 Å². The highest BCUT2D eigenvalue weighted by atomic mass is 16.5. The molecular weight excluding hydrogens is 380 g/mol. The molecule has 1 aromatic rings. The Morgan fingerprint density at radius 1 is 0.833 bits per heavy atom. The number of aliphatic hydroxyl groups is 2. The number of aliphatic hydroxyl groups excluding tert-OH is 2. The fraction of sp³-hybridized carbons (Fsp3) is 0.520. The van der Waals surface area contributed by atoms with Gasteiger partial charge in [0.05, 0.1) is 6.61 Å². The number of hydrogen-bond acceptors (Lipinski definition) is 5. The molecule has 0 aromatic heterocycles. The van der Waals surface area contributed by atoms with Crippen LogP contribution in [0.4, 0.5) is 0 Å². The van der Waals surface area contributed by atoms with E-state index in [0.29, 0.717) is 30.8 Å². The molecule has 0 aliphatic heterocycles.